The smallest absolute Gasteiger partial charge is 0.252 e. The quantitative estimate of drug-likeness (QED) is 0.445. The van der Waals surface area contributed by atoms with Crippen molar-refractivity contribution in [2.24, 2.45) is 7.05 Å². The molecule has 0 spiro atoms. The molecule has 4 aromatic heterocycles. The van der Waals surface area contributed by atoms with Gasteiger partial charge < -0.3 is 14.1 Å². The van der Waals surface area contributed by atoms with Crippen LogP contribution in [0.4, 0.5) is 0 Å². The van der Waals surface area contributed by atoms with Crippen LogP contribution in [0.25, 0.3) is 28.2 Å². The van der Waals surface area contributed by atoms with Gasteiger partial charge in [0.05, 0.1) is 29.3 Å². The van der Waals surface area contributed by atoms with Crippen molar-refractivity contribution in [3.05, 3.63) is 88.1 Å². The van der Waals surface area contributed by atoms with Crippen LogP contribution in [0.1, 0.15) is 24.0 Å². The number of hydrogen-bond acceptors (Lipinski definition) is 5. The summed E-state index contributed by atoms with van der Waals surface area (Å²) in [6.45, 7) is 0. The van der Waals surface area contributed by atoms with E-state index < -0.39 is 0 Å². The molecule has 5 aromatic rings. The third-order valence-electron chi connectivity index (χ3n) is 6.13. The molecule has 6 rings (SSSR count). The zero-order valence-corrected chi connectivity index (χ0v) is 18.4. The molecular weight excluding hydrogens is 440 g/mol. The van der Waals surface area contributed by atoms with Gasteiger partial charge in [0.15, 0.2) is 0 Å². The Morgan fingerprint density at radius 3 is 2.88 bits per heavy atom. The highest BCUT2D eigenvalue weighted by Crippen LogP contribution is 2.34. The van der Waals surface area contributed by atoms with Crippen molar-refractivity contribution in [2.45, 2.75) is 18.9 Å². The number of H-pyrrole nitrogens is 1. The minimum atomic E-state index is -0.131. The van der Waals surface area contributed by atoms with Gasteiger partial charge in [-0.3, -0.25) is 4.79 Å². The lowest BCUT2D eigenvalue weighted by Gasteiger charge is -2.15. The van der Waals surface area contributed by atoms with Crippen LogP contribution in [0.3, 0.4) is 0 Å². The van der Waals surface area contributed by atoms with Gasteiger partial charge >= 0.3 is 0 Å². The zero-order valence-electron chi connectivity index (χ0n) is 17.7. The van der Waals surface area contributed by atoms with Crippen LogP contribution in [0.15, 0.2) is 66.0 Å². The van der Waals surface area contributed by atoms with E-state index in [2.05, 4.69) is 25.5 Å². The van der Waals surface area contributed by atoms with Gasteiger partial charge in [0.1, 0.15) is 12.2 Å². The summed E-state index contributed by atoms with van der Waals surface area (Å²) in [5.74, 6) is 0.789. The number of halogens is 1. The lowest BCUT2D eigenvalue weighted by atomic mass is 10.0. The van der Waals surface area contributed by atoms with Crippen LogP contribution in [-0.4, -0.2) is 39.3 Å². The Labute approximate surface area is 193 Å². The summed E-state index contributed by atoms with van der Waals surface area (Å²) < 4.78 is 5.43. The highest BCUT2D eigenvalue weighted by Gasteiger charge is 2.28. The van der Waals surface area contributed by atoms with Crippen molar-refractivity contribution < 1.29 is 0 Å². The topological polar surface area (TPSA) is 99.2 Å². The SMILES string of the molecule is Cn1cccc1-c1cnc([C@@H]2CCc3cc(-c4cc(Cl)ccc4-n4cnnn4)cc(=O)n32)[nH]1. The van der Waals surface area contributed by atoms with E-state index in [4.69, 9.17) is 11.6 Å². The fourth-order valence-corrected chi connectivity index (χ4v) is 4.77. The third-order valence-corrected chi connectivity index (χ3v) is 6.36. The van der Waals surface area contributed by atoms with Crippen molar-refractivity contribution in [2.75, 3.05) is 0 Å². The van der Waals surface area contributed by atoms with Gasteiger partial charge in [-0.2, -0.15) is 4.68 Å². The maximum atomic E-state index is 13.3. The molecule has 0 bridgehead atoms. The van der Waals surface area contributed by atoms with Crippen molar-refractivity contribution in [1.29, 1.82) is 0 Å². The Morgan fingerprint density at radius 1 is 1.18 bits per heavy atom. The first-order chi connectivity index (χ1) is 16.1. The number of hydrogen-bond donors (Lipinski definition) is 1. The molecule has 10 heteroatoms. The van der Waals surface area contributed by atoms with Gasteiger partial charge in [-0.25, -0.2) is 4.98 Å². The number of pyridine rings is 1. The fourth-order valence-electron chi connectivity index (χ4n) is 4.60. The van der Waals surface area contributed by atoms with Crippen LogP contribution >= 0.6 is 11.6 Å². The van der Waals surface area contributed by atoms with E-state index in [9.17, 15) is 4.79 Å². The molecule has 0 unspecified atom stereocenters. The van der Waals surface area contributed by atoms with E-state index in [1.165, 1.54) is 6.33 Å². The molecule has 0 amide bonds. The number of rotatable bonds is 4. The minimum absolute atomic E-state index is 0.0792. The molecule has 0 saturated carbocycles. The molecule has 164 valence electrons. The first-order valence-electron chi connectivity index (χ1n) is 10.5. The largest absolute Gasteiger partial charge is 0.349 e. The molecule has 0 saturated heterocycles. The lowest BCUT2D eigenvalue weighted by molar-refractivity contribution is 0.572. The Bertz CT molecular complexity index is 1530. The van der Waals surface area contributed by atoms with E-state index in [1.807, 2.05) is 58.9 Å². The molecule has 0 aliphatic carbocycles. The first-order valence-corrected chi connectivity index (χ1v) is 10.9. The Balaban J connectivity index is 1.41. The van der Waals surface area contributed by atoms with Crippen molar-refractivity contribution in [3.8, 4) is 28.2 Å². The fraction of sp³-hybridized carbons (Fsp3) is 0.174. The third kappa shape index (κ3) is 3.28. The number of aromatic amines is 1. The van der Waals surface area contributed by atoms with Crippen molar-refractivity contribution in [1.82, 2.24) is 39.3 Å². The number of benzene rings is 1. The molecule has 0 fully saturated rings. The standard InChI is InChI=1S/C23H19ClN8O/c1-30-8-2-3-20(30)18-12-25-23(27-18)21-7-5-16-9-14(10-22(33)32(16)21)17-11-15(24)4-6-19(17)31-13-26-28-29-31/h2-4,6,8-13,21H,5,7H2,1H3,(H,25,27)/t21-/m0/s1. The van der Waals surface area contributed by atoms with Crippen LogP contribution in [0.2, 0.25) is 5.02 Å². The van der Waals surface area contributed by atoms with Gasteiger partial charge in [0, 0.05) is 35.6 Å². The number of nitrogens with zero attached hydrogens (tertiary/aromatic N) is 7. The van der Waals surface area contributed by atoms with Crippen LogP contribution in [0, 0.1) is 0 Å². The first kappa shape index (κ1) is 19.7. The van der Waals surface area contributed by atoms with E-state index in [0.717, 1.165) is 52.6 Å². The lowest BCUT2D eigenvalue weighted by Crippen LogP contribution is -2.23. The molecule has 1 aromatic carbocycles. The van der Waals surface area contributed by atoms with E-state index in [1.54, 1.807) is 16.8 Å². The van der Waals surface area contributed by atoms with Crippen LogP contribution < -0.4 is 5.56 Å². The second-order valence-electron chi connectivity index (χ2n) is 8.10. The summed E-state index contributed by atoms with van der Waals surface area (Å²) in [7, 11) is 1.99. The maximum absolute atomic E-state index is 13.3. The number of imidazole rings is 1. The molecule has 1 aliphatic rings. The summed E-state index contributed by atoms with van der Waals surface area (Å²) >= 11 is 6.29. The van der Waals surface area contributed by atoms with Crippen molar-refractivity contribution in [3.63, 3.8) is 0 Å². The molecule has 1 atom stereocenters. The Morgan fingerprint density at radius 2 is 2.09 bits per heavy atom. The normalized spacial score (nSPS) is 15.2. The van der Waals surface area contributed by atoms with Gasteiger partial charge in [-0.05, 0) is 65.2 Å². The number of nitrogens with one attached hydrogen (secondary N) is 1. The van der Waals surface area contributed by atoms with Crippen molar-refractivity contribution >= 4 is 11.6 Å². The highest BCUT2D eigenvalue weighted by molar-refractivity contribution is 6.31. The average molecular weight is 459 g/mol. The molecular formula is C23H19ClN8O. The van der Waals surface area contributed by atoms with Gasteiger partial charge in [0.25, 0.3) is 5.56 Å². The number of tetrazole rings is 1. The van der Waals surface area contributed by atoms with Crippen LogP contribution in [-0.2, 0) is 13.5 Å². The van der Waals surface area contributed by atoms with Gasteiger partial charge in [0.2, 0.25) is 0 Å². The number of aryl methyl sites for hydroxylation is 2. The van der Waals surface area contributed by atoms with Gasteiger partial charge in [-0.15, -0.1) is 5.10 Å². The molecule has 5 heterocycles. The second kappa shape index (κ2) is 7.56. The summed E-state index contributed by atoms with van der Waals surface area (Å²) in [6, 6.07) is 13.0. The van der Waals surface area contributed by atoms with E-state index in [0.29, 0.717) is 5.02 Å². The Hall–Kier alpha value is -3.98. The molecule has 9 nitrogen and oxygen atoms in total. The molecule has 0 radical (unpaired) electrons. The molecule has 33 heavy (non-hydrogen) atoms. The van der Waals surface area contributed by atoms with E-state index >= 15 is 0 Å². The summed E-state index contributed by atoms with van der Waals surface area (Å²) in [5.41, 5.74) is 5.19. The predicted octanol–water partition coefficient (Wildman–Crippen LogP) is 3.41. The number of fused-ring (bicyclic) bond motifs is 1. The zero-order chi connectivity index (χ0) is 22.5. The number of aromatic nitrogens is 8. The summed E-state index contributed by atoms with van der Waals surface area (Å²) in [4.78, 5) is 21.3. The molecule has 1 N–H and O–H groups in total. The second-order valence-corrected chi connectivity index (χ2v) is 8.54. The average Bonchev–Trinajstić information content (AvgIpc) is 3.59. The maximum Gasteiger partial charge on any atom is 0.252 e. The highest BCUT2D eigenvalue weighted by atomic mass is 35.5. The van der Waals surface area contributed by atoms with Crippen LogP contribution in [0.5, 0.6) is 0 Å². The summed E-state index contributed by atoms with van der Waals surface area (Å²) in [6.07, 6.45) is 6.91. The minimum Gasteiger partial charge on any atom is -0.349 e. The van der Waals surface area contributed by atoms with E-state index in [-0.39, 0.29) is 11.6 Å². The van der Waals surface area contributed by atoms with Gasteiger partial charge in [-0.1, -0.05) is 11.6 Å². The Kier molecular flexibility index (Phi) is 4.51. The molecule has 1 aliphatic heterocycles. The predicted molar refractivity (Wildman–Crippen MR) is 123 cm³/mol. The summed E-state index contributed by atoms with van der Waals surface area (Å²) in [5, 5.41) is 12.0. The monoisotopic (exact) mass is 458 g/mol.